The summed E-state index contributed by atoms with van der Waals surface area (Å²) in [5.74, 6) is -0.400. The highest BCUT2D eigenvalue weighted by atomic mass is 16.6. The largest absolute Gasteiger partial charge is 0.444 e. The number of amides is 3. The fraction of sp³-hybridized carbons (Fsp3) is 0.550. The van der Waals surface area contributed by atoms with Gasteiger partial charge >= 0.3 is 6.09 Å². The van der Waals surface area contributed by atoms with Gasteiger partial charge in [0.15, 0.2) is 0 Å². The fourth-order valence-electron chi connectivity index (χ4n) is 3.04. The van der Waals surface area contributed by atoms with Crippen LogP contribution in [0.3, 0.4) is 0 Å². The van der Waals surface area contributed by atoms with Crippen molar-refractivity contribution < 1.29 is 19.1 Å². The molecular formula is C20H27N3O4. The van der Waals surface area contributed by atoms with E-state index in [0.717, 1.165) is 19.3 Å². The molecule has 146 valence electrons. The molecule has 2 N–H and O–H groups in total. The maximum absolute atomic E-state index is 12.7. The minimum atomic E-state index is -0.607. The molecule has 0 spiro atoms. The summed E-state index contributed by atoms with van der Waals surface area (Å²) in [6.07, 6.45) is 2.90. The summed E-state index contributed by atoms with van der Waals surface area (Å²) in [6.45, 7) is 5.90. The molecule has 1 aromatic carbocycles. The van der Waals surface area contributed by atoms with Crippen LogP contribution in [0.15, 0.2) is 24.3 Å². The number of hydrogen-bond donors (Lipinski definition) is 2. The quantitative estimate of drug-likeness (QED) is 0.849. The van der Waals surface area contributed by atoms with Gasteiger partial charge in [-0.05, 0) is 64.7 Å². The molecule has 1 saturated carbocycles. The number of anilines is 1. The number of nitrogens with zero attached hydrogens (tertiary/aromatic N) is 1. The van der Waals surface area contributed by atoms with Crippen LogP contribution in [0, 0.1) is 0 Å². The number of carbonyl (C=O) groups is 3. The Labute approximate surface area is 159 Å². The molecule has 1 aromatic rings. The first-order valence-electron chi connectivity index (χ1n) is 9.44. The number of nitrogens with one attached hydrogen (secondary N) is 2. The number of benzene rings is 1. The molecule has 1 heterocycles. The maximum Gasteiger partial charge on any atom is 0.410 e. The monoisotopic (exact) mass is 373 g/mol. The van der Waals surface area contributed by atoms with E-state index in [9.17, 15) is 14.4 Å². The van der Waals surface area contributed by atoms with Crippen LogP contribution in [0.4, 0.5) is 10.5 Å². The van der Waals surface area contributed by atoms with Crippen LogP contribution in [0.2, 0.25) is 0 Å². The third-order valence-corrected chi connectivity index (χ3v) is 4.49. The lowest BCUT2D eigenvalue weighted by molar-refractivity contribution is -0.120. The van der Waals surface area contributed by atoms with Gasteiger partial charge in [-0.15, -0.1) is 0 Å². The maximum atomic E-state index is 12.7. The molecule has 1 unspecified atom stereocenters. The summed E-state index contributed by atoms with van der Waals surface area (Å²) in [6, 6.07) is 6.55. The average Bonchev–Trinajstić information content (AvgIpc) is 3.24. The topological polar surface area (TPSA) is 87.7 Å². The zero-order valence-electron chi connectivity index (χ0n) is 16.1. The van der Waals surface area contributed by atoms with Crippen LogP contribution in [0.1, 0.15) is 56.8 Å². The molecule has 0 aromatic heterocycles. The van der Waals surface area contributed by atoms with Gasteiger partial charge in [-0.1, -0.05) is 6.07 Å². The molecule has 7 nitrogen and oxygen atoms in total. The molecule has 1 aliphatic heterocycles. The predicted octanol–water partition coefficient (Wildman–Crippen LogP) is 2.92. The normalized spacial score (nSPS) is 19.5. The zero-order valence-corrected chi connectivity index (χ0v) is 16.1. The first-order valence-corrected chi connectivity index (χ1v) is 9.44. The van der Waals surface area contributed by atoms with Crippen molar-refractivity contribution >= 4 is 23.6 Å². The first-order chi connectivity index (χ1) is 12.7. The number of ether oxygens (including phenoxy) is 1. The van der Waals surface area contributed by atoms with Gasteiger partial charge in [0.05, 0.1) is 0 Å². The molecule has 1 aliphatic carbocycles. The van der Waals surface area contributed by atoms with E-state index in [4.69, 9.17) is 4.74 Å². The second-order valence-corrected chi connectivity index (χ2v) is 8.15. The summed E-state index contributed by atoms with van der Waals surface area (Å²) in [5, 5.41) is 5.76. The Hall–Kier alpha value is -2.57. The van der Waals surface area contributed by atoms with Gasteiger partial charge in [-0.25, -0.2) is 4.79 Å². The summed E-state index contributed by atoms with van der Waals surface area (Å²) in [4.78, 5) is 38.7. The van der Waals surface area contributed by atoms with Crippen LogP contribution >= 0.6 is 0 Å². The second kappa shape index (κ2) is 7.58. The number of carbonyl (C=O) groups excluding carboxylic acids is 3. The van der Waals surface area contributed by atoms with Gasteiger partial charge in [0.2, 0.25) is 5.91 Å². The molecule has 7 heteroatoms. The van der Waals surface area contributed by atoms with Gasteiger partial charge in [0.25, 0.3) is 5.91 Å². The van der Waals surface area contributed by atoms with Crippen molar-refractivity contribution in [3.05, 3.63) is 29.8 Å². The Balaban J connectivity index is 1.63. The highest BCUT2D eigenvalue weighted by Gasteiger charge is 2.36. The van der Waals surface area contributed by atoms with Crippen LogP contribution in [-0.2, 0) is 9.53 Å². The number of hydrogen-bond acceptors (Lipinski definition) is 4. The van der Waals surface area contributed by atoms with Gasteiger partial charge < -0.3 is 15.4 Å². The Morgan fingerprint density at radius 2 is 1.89 bits per heavy atom. The highest BCUT2D eigenvalue weighted by Crippen LogP contribution is 2.23. The molecule has 2 fully saturated rings. The first kappa shape index (κ1) is 19.2. The summed E-state index contributed by atoms with van der Waals surface area (Å²) < 4.78 is 5.40. The van der Waals surface area contributed by atoms with Crippen LogP contribution in [-0.4, -0.2) is 47.0 Å². The van der Waals surface area contributed by atoms with E-state index in [2.05, 4.69) is 10.6 Å². The van der Waals surface area contributed by atoms with E-state index in [0.29, 0.717) is 24.2 Å². The van der Waals surface area contributed by atoms with E-state index in [-0.39, 0.29) is 17.9 Å². The fourth-order valence-corrected chi connectivity index (χ4v) is 3.04. The van der Waals surface area contributed by atoms with Gasteiger partial charge in [-0.2, -0.15) is 0 Å². The van der Waals surface area contributed by atoms with Crippen molar-refractivity contribution in [2.45, 2.75) is 64.1 Å². The van der Waals surface area contributed by atoms with Gasteiger partial charge in [0, 0.05) is 23.8 Å². The van der Waals surface area contributed by atoms with E-state index >= 15 is 0 Å². The summed E-state index contributed by atoms with van der Waals surface area (Å²) in [7, 11) is 0. The lowest BCUT2D eigenvalue weighted by Gasteiger charge is -2.28. The molecule has 3 rings (SSSR count). The molecule has 0 bridgehead atoms. The smallest absolute Gasteiger partial charge is 0.410 e. The third-order valence-electron chi connectivity index (χ3n) is 4.49. The molecule has 0 radical (unpaired) electrons. The van der Waals surface area contributed by atoms with Gasteiger partial charge in [0.1, 0.15) is 11.6 Å². The van der Waals surface area contributed by atoms with Crippen LogP contribution < -0.4 is 10.6 Å². The van der Waals surface area contributed by atoms with Crippen molar-refractivity contribution in [1.29, 1.82) is 0 Å². The van der Waals surface area contributed by atoms with Crippen molar-refractivity contribution in [3.8, 4) is 0 Å². The minimum Gasteiger partial charge on any atom is -0.444 e. The summed E-state index contributed by atoms with van der Waals surface area (Å²) >= 11 is 0. The molecule has 3 amide bonds. The Morgan fingerprint density at radius 3 is 2.56 bits per heavy atom. The minimum absolute atomic E-state index is 0.134. The van der Waals surface area contributed by atoms with Crippen molar-refractivity contribution in [1.82, 2.24) is 10.2 Å². The third kappa shape index (κ3) is 5.21. The Kier molecular flexibility index (Phi) is 5.39. The zero-order chi connectivity index (χ0) is 19.6. The van der Waals surface area contributed by atoms with Crippen LogP contribution in [0.5, 0.6) is 0 Å². The Morgan fingerprint density at radius 1 is 1.15 bits per heavy atom. The lowest BCUT2D eigenvalue weighted by Crippen LogP contribution is -2.45. The lowest BCUT2D eigenvalue weighted by atomic mass is 10.1. The van der Waals surface area contributed by atoms with Crippen molar-refractivity contribution in [2.75, 3.05) is 11.9 Å². The van der Waals surface area contributed by atoms with E-state index in [1.54, 1.807) is 45.0 Å². The number of rotatable bonds is 4. The molecule has 1 saturated heterocycles. The van der Waals surface area contributed by atoms with Gasteiger partial charge in [-0.3, -0.25) is 14.5 Å². The molecular weight excluding hydrogens is 346 g/mol. The molecule has 1 atom stereocenters. The SMILES string of the molecule is CC(C)(C)OC(=O)N1CCCC1C(=O)Nc1cccc(C(=O)NC2CC2)c1. The average molecular weight is 373 g/mol. The standard InChI is InChI=1S/C20H27N3O4/c1-20(2,3)27-19(26)23-11-5-8-16(23)18(25)22-15-7-4-6-13(12-15)17(24)21-14-9-10-14/h4,6-7,12,14,16H,5,8-11H2,1-3H3,(H,21,24)(H,22,25). The Bertz CT molecular complexity index is 737. The van der Waals surface area contributed by atoms with Crippen molar-refractivity contribution in [3.63, 3.8) is 0 Å². The predicted molar refractivity (Wildman–Crippen MR) is 102 cm³/mol. The summed E-state index contributed by atoms with van der Waals surface area (Å²) in [5.41, 5.74) is 0.443. The molecule has 27 heavy (non-hydrogen) atoms. The van der Waals surface area contributed by atoms with E-state index < -0.39 is 17.7 Å². The van der Waals surface area contributed by atoms with E-state index in [1.807, 2.05) is 0 Å². The van der Waals surface area contributed by atoms with E-state index in [1.165, 1.54) is 4.90 Å². The second-order valence-electron chi connectivity index (χ2n) is 8.15. The van der Waals surface area contributed by atoms with Crippen molar-refractivity contribution in [2.24, 2.45) is 0 Å². The van der Waals surface area contributed by atoms with Crippen LogP contribution in [0.25, 0.3) is 0 Å². The highest BCUT2D eigenvalue weighted by molar-refractivity contribution is 5.99. The number of likely N-dealkylation sites (tertiary alicyclic amines) is 1. The molecule has 2 aliphatic rings.